The molecule has 1 saturated heterocycles. The van der Waals surface area contributed by atoms with Crippen molar-refractivity contribution in [2.45, 2.75) is 26.3 Å². The van der Waals surface area contributed by atoms with Crippen LogP contribution in [0, 0.1) is 5.41 Å². The number of anilines is 1. The number of rotatable bonds is 1. The highest BCUT2D eigenvalue weighted by Gasteiger charge is 2.34. The van der Waals surface area contributed by atoms with E-state index in [2.05, 4.69) is 39.7 Å². The molecule has 2 N–H and O–H groups in total. The number of hydrogen-bond donors (Lipinski definition) is 1. The van der Waals surface area contributed by atoms with Crippen molar-refractivity contribution in [1.29, 1.82) is 0 Å². The fourth-order valence-electron chi connectivity index (χ4n) is 2.19. The van der Waals surface area contributed by atoms with Crippen LogP contribution in [0.2, 0.25) is 5.02 Å². The fourth-order valence-corrected chi connectivity index (χ4v) is 3.08. The van der Waals surface area contributed by atoms with E-state index in [-0.39, 0.29) is 11.5 Å². The van der Waals surface area contributed by atoms with Gasteiger partial charge in [-0.3, -0.25) is 0 Å². The van der Waals surface area contributed by atoms with Crippen LogP contribution >= 0.6 is 27.5 Å². The summed E-state index contributed by atoms with van der Waals surface area (Å²) in [6.07, 6.45) is 2.67. The van der Waals surface area contributed by atoms with Gasteiger partial charge < -0.3 is 10.6 Å². The molecule has 17 heavy (non-hydrogen) atoms. The monoisotopic (exact) mass is 317 g/mol. The van der Waals surface area contributed by atoms with E-state index in [1.165, 1.54) is 0 Å². The first-order valence-corrected chi connectivity index (χ1v) is 6.89. The van der Waals surface area contributed by atoms with Gasteiger partial charge in [-0.15, -0.1) is 0 Å². The van der Waals surface area contributed by atoms with Crippen LogP contribution in [0.1, 0.15) is 20.3 Å². The van der Waals surface area contributed by atoms with Crippen molar-refractivity contribution < 1.29 is 0 Å². The summed E-state index contributed by atoms with van der Waals surface area (Å²) < 4.78 is 0.941. The van der Waals surface area contributed by atoms with Crippen LogP contribution < -0.4 is 10.6 Å². The summed E-state index contributed by atoms with van der Waals surface area (Å²) in [5.41, 5.74) is 6.25. The largest absolute Gasteiger partial charge is 0.355 e. The van der Waals surface area contributed by atoms with Crippen molar-refractivity contribution in [2.24, 2.45) is 11.1 Å². The van der Waals surface area contributed by atoms with Crippen LogP contribution in [0.25, 0.3) is 0 Å². The molecular formula is C12H17BrClN3. The average Bonchev–Trinajstić information content (AvgIpc) is 2.22. The second-order valence-electron chi connectivity index (χ2n) is 5.26. The summed E-state index contributed by atoms with van der Waals surface area (Å²) in [4.78, 5) is 6.67. The zero-order chi connectivity index (χ0) is 12.6. The first kappa shape index (κ1) is 13.1. The van der Waals surface area contributed by atoms with Gasteiger partial charge in [0, 0.05) is 25.3 Å². The van der Waals surface area contributed by atoms with Crippen molar-refractivity contribution in [3.8, 4) is 0 Å². The summed E-state index contributed by atoms with van der Waals surface area (Å²) in [5.74, 6) is 0.953. The maximum Gasteiger partial charge on any atom is 0.142 e. The van der Waals surface area contributed by atoms with Gasteiger partial charge in [0.2, 0.25) is 0 Å². The van der Waals surface area contributed by atoms with Crippen LogP contribution in [-0.2, 0) is 0 Å². The maximum absolute atomic E-state index is 6.14. The van der Waals surface area contributed by atoms with E-state index in [1.54, 1.807) is 6.20 Å². The van der Waals surface area contributed by atoms with E-state index >= 15 is 0 Å². The molecule has 1 fully saturated rings. The van der Waals surface area contributed by atoms with Crippen molar-refractivity contribution in [3.05, 3.63) is 21.8 Å². The minimum atomic E-state index is 0.110. The summed E-state index contributed by atoms with van der Waals surface area (Å²) in [6.45, 7) is 6.26. The standard InChI is InChI=1S/C12H17BrClN3/c1-12(2)7-17(4-3-10(12)15)11-9(13)5-8(14)6-16-11/h5-6,10H,3-4,7,15H2,1-2H3. The van der Waals surface area contributed by atoms with Crippen LogP contribution in [-0.4, -0.2) is 24.1 Å². The molecule has 3 nitrogen and oxygen atoms in total. The van der Waals surface area contributed by atoms with Crippen LogP contribution in [0.4, 0.5) is 5.82 Å². The molecule has 94 valence electrons. The van der Waals surface area contributed by atoms with Gasteiger partial charge >= 0.3 is 0 Å². The third-order valence-electron chi connectivity index (χ3n) is 3.40. The lowest BCUT2D eigenvalue weighted by atomic mass is 9.80. The van der Waals surface area contributed by atoms with Crippen molar-refractivity contribution in [1.82, 2.24) is 4.98 Å². The summed E-state index contributed by atoms with van der Waals surface area (Å²) >= 11 is 9.42. The molecule has 1 atom stereocenters. The Morgan fingerprint density at radius 3 is 2.88 bits per heavy atom. The Morgan fingerprint density at radius 1 is 1.59 bits per heavy atom. The molecular weight excluding hydrogens is 302 g/mol. The Balaban J connectivity index is 2.24. The fraction of sp³-hybridized carbons (Fsp3) is 0.583. The van der Waals surface area contributed by atoms with Crippen molar-refractivity contribution in [2.75, 3.05) is 18.0 Å². The van der Waals surface area contributed by atoms with Crippen molar-refractivity contribution >= 4 is 33.3 Å². The Kier molecular flexibility index (Phi) is 3.66. The van der Waals surface area contributed by atoms with Gasteiger partial charge in [-0.25, -0.2) is 4.98 Å². The topological polar surface area (TPSA) is 42.2 Å². The molecule has 1 aliphatic heterocycles. The Hall–Kier alpha value is -0.320. The van der Waals surface area contributed by atoms with Gasteiger partial charge in [-0.2, -0.15) is 0 Å². The Bertz CT molecular complexity index is 422. The molecule has 0 spiro atoms. The summed E-state index contributed by atoms with van der Waals surface area (Å²) in [5, 5.41) is 0.647. The third-order valence-corrected chi connectivity index (χ3v) is 4.19. The van der Waals surface area contributed by atoms with E-state index in [0.29, 0.717) is 5.02 Å². The molecule has 0 radical (unpaired) electrons. The quantitative estimate of drug-likeness (QED) is 0.865. The van der Waals surface area contributed by atoms with Gasteiger partial charge in [0.05, 0.1) is 9.50 Å². The molecule has 0 aliphatic carbocycles. The highest BCUT2D eigenvalue weighted by Crippen LogP contribution is 2.34. The highest BCUT2D eigenvalue weighted by atomic mass is 79.9. The lowest BCUT2D eigenvalue weighted by molar-refractivity contribution is 0.244. The zero-order valence-electron chi connectivity index (χ0n) is 10.1. The van der Waals surface area contributed by atoms with E-state index in [9.17, 15) is 0 Å². The summed E-state index contributed by atoms with van der Waals surface area (Å²) in [6, 6.07) is 2.13. The maximum atomic E-state index is 6.14. The normalized spacial score (nSPS) is 23.8. The minimum absolute atomic E-state index is 0.110. The lowest BCUT2D eigenvalue weighted by Crippen LogP contribution is -2.52. The van der Waals surface area contributed by atoms with Crippen molar-refractivity contribution in [3.63, 3.8) is 0 Å². The molecule has 5 heteroatoms. The van der Waals surface area contributed by atoms with Gasteiger partial charge in [-0.05, 0) is 33.8 Å². The van der Waals surface area contributed by atoms with E-state index < -0.39 is 0 Å². The third kappa shape index (κ3) is 2.75. The Labute approximate surface area is 115 Å². The number of pyridine rings is 1. The zero-order valence-corrected chi connectivity index (χ0v) is 12.4. The lowest BCUT2D eigenvalue weighted by Gasteiger charge is -2.43. The summed E-state index contributed by atoms with van der Waals surface area (Å²) in [7, 11) is 0. The minimum Gasteiger partial charge on any atom is -0.355 e. The molecule has 1 aromatic heterocycles. The second-order valence-corrected chi connectivity index (χ2v) is 6.56. The second kappa shape index (κ2) is 4.75. The Morgan fingerprint density at radius 2 is 2.29 bits per heavy atom. The number of hydrogen-bond acceptors (Lipinski definition) is 3. The predicted octanol–water partition coefficient (Wildman–Crippen LogP) is 3.06. The molecule has 0 amide bonds. The number of nitrogens with zero attached hydrogens (tertiary/aromatic N) is 2. The van der Waals surface area contributed by atoms with Crippen LogP contribution in [0.3, 0.4) is 0 Å². The number of piperidine rings is 1. The molecule has 1 aliphatic rings. The van der Waals surface area contributed by atoms with Crippen LogP contribution in [0.5, 0.6) is 0 Å². The molecule has 2 heterocycles. The smallest absolute Gasteiger partial charge is 0.142 e. The SMILES string of the molecule is CC1(C)CN(c2ncc(Cl)cc2Br)CCC1N. The molecule has 0 bridgehead atoms. The molecule has 2 rings (SSSR count). The molecule has 0 saturated carbocycles. The highest BCUT2D eigenvalue weighted by molar-refractivity contribution is 9.10. The molecule has 0 aromatic carbocycles. The van der Waals surface area contributed by atoms with E-state index in [4.69, 9.17) is 17.3 Å². The number of nitrogens with two attached hydrogens (primary N) is 1. The van der Waals surface area contributed by atoms with Crippen LogP contribution in [0.15, 0.2) is 16.7 Å². The number of halogens is 2. The van der Waals surface area contributed by atoms with Gasteiger partial charge in [0.1, 0.15) is 5.82 Å². The molecule has 1 unspecified atom stereocenters. The number of aromatic nitrogens is 1. The van der Waals surface area contributed by atoms with Gasteiger partial charge in [0.25, 0.3) is 0 Å². The van der Waals surface area contributed by atoms with Gasteiger partial charge in [-0.1, -0.05) is 25.4 Å². The first-order chi connectivity index (χ1) is 7.90. The predicted molar refractivity (Wildman–Crippen MR) is 75.5 cm³/mol. The van der Waals surface area contributed by atoms with E-state index in [1.807, 2.05) is 6.07 Å². The first-order valence-electron chi connectivity index (χ1n) is 5.72. The van der Waals surface area contributed by atoms with E-state index in [0.717, 1.165) is 29.8 Å². The van der Waals surface area contributed by atoms with Gasteiger partial charge in [0.15, 0.2) is 0 Å². The molecule has 1 aromatic rings. The average molecular weight is 319 g/mol.